The first-order chi connectivity index (χ1) is 13.5. The number of carboxylic acids is 1. The number of halogens is 2. The highest BCUT2D eigenvalue weighted by atomic mass is 32.1. The molecule has 0 atom stereocenters. The lowest BCUT2D eigenvalue weighted by molar-refractivity contribution is 0.0690. The van der Waals surface area contributed by atoms with Crippen molar-refractivity contribution < 1.29 is 18.7 Å². The van der Waals surface area contributed by atoms with Gasteiger partial charge in [0, 0.05) is 0 Å². The Morgan fingerprint density at radius 2 is 1.43 bits per heavy atom. The van der Waals surface area contributed by atoms with Gasteiger partial charge in [0.1, 0.15) is 5.69 Å². The number of carboxylic acid groups (broad SMARTS) is 1. The molecule has 8 heteroatoms. The van der Waals surface area contributed by atoms with E-state index >= 15 is 0 Å². The van der Waals surface area contributed by atoms with Crippen LogP contribution in [0, 0.1) is 11.9 Å². The van der Waals surface area contributed by atoms with Crippen LogP contribution in [0.3, 0.4) is 0 Å². The van der Waals surface area contributed by atoms with Crippen LogP contribution in [0.2, 0.25) is 0 Å². The Labute approximate surface area is 162 Å². The molecule has 0 radical (unpaired) electrons. The molecule has 0 aliphatic carbocycles. The molecular weight excluding hydrogens is 384 g/mol. The molecule has 0 saturated heterocycles. The minimum absolute atomic E-state index is 0.0353. The van der Waals surface area contributed by atoms with E-state index in [2.05, 4.69) is 15.0 Å². The zero-order valence-corrected chi connectivity index (χ0v) is 15.0. The SMILES string of the molecule is O=C(O)c1cccc(-c2ccc(-c3cccc(-c4ccc(F)nc4F)n3)s2)n1. The lowest BCUT2D eigenvalue weighted by Crippen LogP contribution is -1.99. The minimum atomic E-state index is -1.09. The zero-order chi connectivity index (χ0) is 19.7. The summed E-state index contributed by atoms with van der Waals surface area (Å²) in [7, 11) is 0. The molecule has 4 rings (SSSR count). The molecule has 138 valence electrons. The van der Waals surface area contributed by atoms with Crippen molar-refractivity contribution in [1.29, 1.82) is 0 Å². The molecular formula is C20H11F2N3O2S. The van der Waals surface area contributed by atoms with E-state index in [1.807, 2.05) is 12.1 Å². The normalized spacial score (nSPS) is 10.8. The predicted octanol–water partition coefficient (Wildman–Crippen LogP) is 4.91. The van der Waals surface area contributed by atoms with Gasteiger partial charge in [0.05, 0.1) is 32.4 Å². The third-order valence-corrected chi connectivity index (χ3v) is 5.05. The highest BCUT2D eigenvalue weighted by Crippen LogP contribution is 2.34. The minimum Gasteiger partial charge on any atom is -0.477 e. The third-order valence-electron chi connectivity index (χ3n) is 3.92. The molecule has 0 bridgehead atoms. The van der Waals surface area contributed by atoms with Crippen molar-refractivity contribution in [2.45, 2.75) is 0 Å². The van der Waals surface area contributed by atoms with Gasteiger partial charge in [-0.3, -0.25) is 0 Å². The number of hydrogen-bond acceptors (Lipinski definition) is 5. The van der Waals surface area contributed by atoms with Crippen molar-refractivity contribution >= 4 is 17.3 Å². The van der Waals surface area contributed by atoms with Gasteiger partial charge in [0.2, 0.25) is 11.9 Å². The van der Waals surface area contributed by atoms with Gasteiger partial charge in [-0.1, -0.05) is 12.1 Å². The van der Waals surface area contributed by atoms with Crippen LogP contribution in [-0.2, 0) is 0 Å². The molecule has 4 aromatic heterocycles. The van der Waals surface area contributed by atoms with Crippen molar-refractivity contribution in [2.75, 3.05) is 0 Å². The number of hydrogen-bond donors (Lipinski definition) is 1. The monoisotopic (exact) mass is 395 g/mol. The number of pyridine rings is 3. The molecule has 0 amide bonds. The summed E-state index contributed by atoms with van der Waals surface area (Å²) in [5, 5.41) is 9.09. The maximum absolute atomic E-state index is 14.0. The Morgan fingerprint density at radius 1 is 0.786 bits per heavy atom. The van der Waals surface area contributed by atoms with Crippen LogP contribution < -0.4 is 0 Å². The third kappa shape index (κ3) is 3.49. The van der Waals surface area contributed by atoms with Crippen molar-refractivity contribution in [2.24, 2.45) is 0 Å². The standard InChI is InChI=1S/C20H11F2N3O2S/c21-18-10-7-11(19(22)25-18)12-3-1-4-13(23-12)16-8-9-17(28-16)14-5-2-6-15(24-14)20(26)27/h1-10H,(H,26,27). The van der Waals surface area contributed by atoms with Gasteiger partial charge in [-0.05, 0) is 48.5 Å². The van der Waals surface area contributed by atoms with Crippen molar-refractivity contribution in [1.82, 2.24) is 15.0 Å². The van der Waals surface area contributed by atoms with Gasteiger partial charge in [0.25, 0.3) is 0 Å². The van der Waals surface area contributed by atoms with Gasteiger partial charge >= 0.3 is 5.97 Å². The van der Waals surface area contributed by atoms with E-state index in [0.29, 0.717) is 17.1 Å². The first kappa shape index (κ1) is 17.9. The Kier molecular flexibility index (Phi) is 4.62. The van der Waals surface area contributed by atoms with Crippen LogP contribution in [0.5, 0.6) is 0 Å². The van der Waals surface area contributed by atoms with Crippen LogP contribution in [-0.4, -0.2) is 26.0 Å². The fraction of sp³-hybridized carbons (Fsp3) is 0. The lowest BCUT2D eigenvalue weighted by Gasteiger charge is -2.04. The molecule has 1 N–H and O–H groups in total. The fourth-order valence-corrected chi connectivity index (χ4v) is 3.57. The van der Waals surface area contributed by atoms with Crippen LogP contribution in [0.1, 0.15) is 10.5 Å². The van der Waals surface area contributed by atoms with E-state index in [1.54, 1.807) is 30.3 Å². The average Bonchev–Trinajstić information content (AvgIpc) is 3.18. The molecule has 0 spiro atoms. The Morgan fingerprint density at radius 3 is 2.11 bits per heavy atom. The van der Waals surface area contributed by atoms with E-state index in [1.165, 1.54) is 23.5 Å². The highest BCUT2D eigenvalue weighted by molar-refractivity contribution is 7.18. The van der Waals surface area contributed by atoms with Gasteiger partial charge in [-0.15, -0.1) is 11.3 Å². The average molecular weight is 395 g/mol. The van der Waals surface area contributed by atoms with E-state index in [9.17, 15) is 13.6 Å². The molecule has 0 saturated carbocycles. The molecule has 4 aromatic rings. The van der Waals surface area contributed by atoms with Crippen LogP contribution in [0.4, 0.5) is 8.78 Å². The summed E-state index contributed by atoms with van der Waals surface area (Å²) in [6.07, 6.45) is 0. The van der Waals surface area contributed by atoms with Gasteiger partial charge < -0.3 is 5.11 Å². The van der Waals surface area contributed by atoms with Crippen LogP contribution in [0.25, 0.3) is 32.4 Å². The number of aromatic carboxylic acids is 1. The predicted molar refractivity (Wildman–Crippen MR) is 101 cm³/mol. The molecule has 28 heavy (non-hydrogen) atoms. The Hall–Kier alpha value is -3.52. The van der Waals surface area contributed by atoms with Crippen LogP contribution >= 0.6 is 11.3 Å². The molecule has 0 aliphatic heterocycles. The second-order valence-corrected chi connectivity index (χ2v) is 6.84. The van der Waals surface area contributed by atoms with E-state index in [4.69, 9.17) is 5.11 Å². The van der Waals surface area contributed by atoms with Gasteiger partial charge in [-0.25, -0.2) is 14.8 Å². The van der Waals surface area contributed by atoms with Crippen molar-refractivity contribution in [3.8, 4) is 32.4 Å². The molecule has 4 heterocycles. The van der Waals surface area contributed by atoms with Gasteiger partial charge in [-0.2, -0.15) is 13.8 Å². The Bertz CT molecular complexity index is 1190. The topological polar surface area (TPSA) is 76.0 Å². The van der Waals surface area contributed by atoms with Crippen molar-refractivity contribution in [3.63, 3.8) is 0 Å². The largest absolute Gasteiger partial charge is 0.477 e. The molecule has 0 unspecified atom stereocenters. The number of rotatable bonds is 4. The first-order valence-electron chi connectivity index (χ1n) is 8.11. The molecule has 5 nitrogen and oxygen atoms in total. The van der Waals surface area contributed by atoms with E-state index in [0.717, 1.165) is 15.8 Å². The summed E-state index contributed by atoms with van der Waals surface area (Å²) in [5.41, 5.74) is 1.55. The van der Waals surface area contributed by atoms with E-state index < -0.39 is 17.9 Å². The molecule has 0 aliphatic rings. The van der Waals surface area contributed by atoms with Crippen LogP contribution in [0.15, 0.2) is 60.7 Å². The summed E-state index contributed by atoms with van der Waals surface area (Å²) in [4.78, 5) is 24.5. The first-order valence-corrected chi connectivity index (χ1v) is 8.93. The molecule has 0 fully saturated rings. The fourth-order valence-electron chi connectivity index (χ4n) is 2.63. The van der Waals surface area contributed by atoms with Crippen molar-refractivity contribution in [3.05, 3.63) is 78.3 Å². The smallest absolute Gasteiger partial charge is 0.354 e. The number of nitrogens with zero attached hydrogens (tertiary/aromatic N) is 3. The van der Waals surface area contributed by atoms with E-state index in [-0.39, 0.29) is 11.3 Å². The highest BCUT2D eigenvalue weighted by Gasteiger charge is 2.13. The lowest BCUT2D eigenvalue weighted by atomic mass is 10.1. The summed E-state index contributed by atoms with van der Waals surface area (Å²) in [5.74, 6) is -2.91. The summed E-state index contributed by atoms with van der Waals surface area (Å²) >= 11 is 1.38. The maximum atomic E-state index is 14.0. The summed E-state index contributed by atoms with van der Waals surface area (Å²) in [6, 6.07) is 15.9. The summed E-state index contributed by atoms with van der Waals surface area (Å²) in [6.45, 7) is 0. The number of aromatic nitrogens is 3. The maximum Gasteiger partial charge on any atom is 0.354 e. The number of carbonyl (C=O) groups is 1. The number of thiophene rings is 1. The molecule has 0 aromatic carbocycles. The van der Waals surface area contributed by atoms with Gasteiger partial charge in [0.15, 0.2) is 0 Å². The quantitative estimate of drug-likeness (QED) is 0.497. The zero-order valence-electron chi connectivity index (χ0n) is 14.1. The Balaban J connectivity index is 1.70. The second kappa shape index (κ2) is 7.24. The second-order valence-electron chi connectivity index (χ2n) is 5.76. The summed E-state index contributed by atoms with van der Waals surface area (Å²) < 4.78 is 27.0.